The first kappa shape index (κ1) is 8.76. The van der Waals surface area contributed by atoms with E-state index in [1.807, 2.05) is 0 Å². The van der Waals surface area contributed by atoms with Gasteiger partial charge in [0, 0.05) is 0 Å². The number of allylic oxidation sites excluding steroid dienone is 2. The van der Waals surface area contributed by atoms with Crippen molar-refractivity contribution < 1.29 is 20.1 Å². The first-order valence-corrected chi connectivity index (χ1v) is 3.35. The smallest absolute Gasteiger partial charge is 0.330 e. The van der Waals surface area contributed by atoms with Gasteiger partial charge in [0.05, 0.1) is 5.70 Å². The highest BCUT2D eigenvalue weighted by molar-refractivity contribution is 5.76. The third kappa shape index (κ3) is 1.84. The number of aliphatic hydroxyl groups is 2. The lowest BCUT2D eigenvalue weighted by molar-refractivity contribution is -0.138. The summed E-state index contributed by atoms with van der Waals surface area (Å²) in [5.74, 6) is -1.06. The summed E-state index contributed by atoms with van der Waals surface area (Å²) >= 11 is 0. The van der Waals surface area contributed by atoms with Crippen LogP contribution in [0.5, 0.6) is 0 Å². The zero-order valence-electron chi connectivity index (χ0n) is 6.14. The Hall–Kier alpha value is -1.33. The second kappa shape index (κ2) is 3.38. The Labute approximate surface area is 68.6 Å². The number of nitrogens with one attached hydrogen (secondary N) is 1. The Morgan fingerprint density at radius 2 is 2.25 bits per heavy atom. The molecule has 0 saturated carbocycles. The van der Waals surface area contributed by atoms with Crippen LogP contribution in [0.4, 0.5) is 0 Å². The Balaban J connectivity index is 2.67. The topological polar surface area (TPSA) is 89.8 Å². The summed E-state index contributed by atoms with van der Waals surface area (Å²) in [7, 11) is 0. The Morgan fingerprint density at radius 3 is 2.75 bits per heavy atom. The standard InChI is InChI=1S/C7H9NO4/c9-6(10)4-2-1-3-5(8-4)7(11)12/h1-4,7-8,11-12H,(H,9,10). The van der Waals surface area contributed by atoms with Gasteiger partial charge in [0.15, 0.2) is 6.29 Å². The summed E-state index contributed by atoms with van der Waals surface area (Å²) in [5.41, 5.74) is 0.0879. The van der Waals surface area contributed by atoms with Gasteiger partial charge in [-0.15, -0.1) is 0 Å². The van der Waals surface area contributed by atoms with E-state index >= 15 is 0 Å². The largest absolute Gasteiger partial charge is 0.479 e. The molecule has 0 amide bonds. The van der Waals surface area contributed by atoms with Crippen LogP contribution in [0.2, 0.25) is 0 Å². The molecular formula is C7H9NO4. The SMILES string of the molecule is O=C(O)C1C=CC=C(C(O)O)N1. The summed E-state index contributed by atoms with van der Waals surface area (Å²) < 4.78 is 0. The molecule has 1 heterocycles. The number of aliphatic hydroxyl groups excluding tert-OH is 1. The molecule has 0 aromatic rings. The van der Waals surface area contributed by atoms with Crippen LogP contribution in [0.3, 0.4) is 0 Å². The summed E-state index contributed by atoms with van der Waals surface area (Å²) in [5, 5.41) is 28.3. The lowest BCUT2D eigenvalue weighted by Gasteiger charge is -2.19. The van der Waals surface area contributed by atoms with Gasteiger partial charge in [-0.05, 0) is 6.08 Å². The van der Waals surface area contributed by atoms with Crippen LogP contribution in [0, 0.1) is 0 Å². The molecule has 5 heteroatoms. The van der Waals surface area contributed by atoms with Gasteiger partial charge in [-0.3, -0.25) is 0 Å². The molecule has 0 fully saturated rings. The summed E-state index contributed by atoms with van der Waals surface area (Å²) in [6.07, 6.45) is 2.62. The Bertz CT molecular complexity index is 244. The van der Waals surface area contributed by atoms with Gasteiger partial charge in [-0.1, -0.05) is 12.2 Å². The van der Waals surface area contributed by atoms with E-state index in [1.165, 1.54) is 18.2 Å². The molecule has 5 nitrogen and oxygen atoms in total. The highest BCUT2D eigenvalue weighted by atomic mass is 16.5. The number of carbonyl (C=O) groups is 1. The summed E-state index contributed by atoms with van der Waals surface area (Å²) in [4.78, 5) is 10.4. The van der Waals surface area contributed by atoms with Crippen molar-refractivity contribution in [1.82, 2.24) is 5.32 Å². The van der Waals surface area contributed by atoms with Gasteiger partial charge in [0.2, 0.25) is 0 Å². The van der Waals surface area contributed by atoms with E-state index in [4.69, 9.17) is 15.3 Å². The minimum absolute atomic E-state index is 0.0879. The molecule has 66 valence electrons. The van der Waals surface area contributed by atoms with Crippen molar-refractivity contribution >= 4 is 5.97 Å². The van der Waals surface area contributed by atoms with Crippen molar-refractivity contribution in [2.45, 2.75) is 12.3 Å². The van der Waals surface area contributed by atoms with Crippen LogP contribution >= 0.6 is 0 Å². The molecule has 0 aliphatic carbocycles. The molecule has 0 saturated heterocycles. The van der Waals surface area contributed by atoms with E-state index in [0.717, 1.165) is 0 Å². The molecule has 1 aliphatic heterocycles. The summed E-state index contributed by atoms with van der Waals surface area (Å²) in [6, 6.07) is -0.883. The van der Waals surface area contributed by atoms with E-state index in [1.54, 1.807) is 0 Å². The molecule has 12 heavy (non-hydrogen) atoms. The first-order valence-electron chi connectivity index (χ1n) is 3.35. The highest BCUT2D eigenvalue weighted by Crippen LogP contribution is 2.04. The summed E-state index contributed by atoms with van der Waals surface area (Å²) in [6.45, 7) is 0. The van der Waals surface area contributed by atoms with Crippen molar-refractivity contribution in [2.75, 3.05) is 0 Å². The fourth-order valence-electron chi connectivity index (χ4n) is 0.851. The van der Waals surface area contributed by atoms with Crippen LogP contribution < -0.4 is 5.32 Å². The molecule has 0 aromatic carbocycles. The number of hydrogen-bond donors (Lipinski definition) is 4. The first-order chi connectivity index (χ1) is 5.61. The Morgan fingerprint density at radius 1 is 1.58 bits per heavy atom. The lowest BCUT2D eigenvalue weighted by Crippen LogP contribution is -2.39. The van der Waals surface area contributed by atoms with Gasteiger partial charge < -0.3 is 20.6 Å². The van der Waals surface area contributed by atoms with Crippen molar-refractivity contribution in [2.24, 2.45) is 0 Å². The number of rotatable bonds is 2. The third-order valence-electron chi connectivity index (χ3n) is 1.45. The van der Waals surface area contributed by atoms with E-state index < -0.39 is 18.3 Å². The van der Waals surface area contributed by atoms with Crippen LogP contribution in [0.25, 0.3) is 0 Å². The molecule has 4 N–H and O–H groups in total. The minimum atomic E-state index is -1.66. The quantitative estimate of drug-likeness (QED) is 0.391. The fourth-order valence-corrected chi connectivity index (χ4v) is 0.851. The highest BCUT2D eigenvalue weighted by Gasteiger charge is 2.19. The maximum Gasteiger partial charge on any atom is 0.330 e. The predicted molar refractivity (Wildman–Crippen MR) is 40.0 cm³/mol. The van der Waals surface area contributed by atoms with Crippen molar-refractivity contribution in [1.29, 1.82) is 0 Å². The molecule has 1 aliphatic rings. The normalized spacial score (nSPS) is 21.9. The zero-order valence-corrected chi connectivity index (χ0v) is 6.14. The third-order valence-corrected chi connectivity index (χ3v) is 1.45. The maximum absolute atomic E-state index is 10.4. The molecule has 0 spiro atoms. The van der Waals surface area contributed by atoms with Gasteiger partial charge in [-0.2, -0.15) is 0 Å². The van der Waals surface area contributed by atoms with Crippen molar-refractivity contribution in [3.8, 4) is 0 Å². The molecule has 1 unspecified atom stereocenters. The number of carboxylic acids is 1. The molecule has 1 rings (SSSR count). The second-order valence-electron chi connectivity index (χ2n) is 2.34. The average Bonchev–Trinajstić information content (AvgIpc) is 2.04. The van der Waals surface area contributed by atoms with Crippen molar-refractivity contribution in [3.05, 3.63) is 23.9 Å². The van der Waals surface area contributed by atoms with Crippen LogP contribution in [0.15, 0.2) is 23.9 Å². The van der Waals surface area contributed by atoms with Crippen LogP contribution in [-0.2, 0) is 4.79 Å². The Kier molecular flexibility index (Phi) is 2.47. The van der Waals surface area contributed by atoms with Gasteiger partial charge in [0.1, 0.15) is 6.04 Å². The fraction of sp³-hybridized carbons (Fsp3) is 0.286. The van der Waals surface area contributed by atoms with Crippen LogP contribution in [-0.4, -0.2) is 33.6 Å². The average molecular weight is 171 g/mol. The van der Waals surface area contributed by atoms with E-state index in [0.29, 0.717) is 0 Å². The monoisotopic (exact) mass is 171 g/mol. The molecule has 0 radical (unpaired) electrons. The van der Waals surface area contributed by atoms with Crippen molar-refractivity contribution in [3.63, 3.8) is 0 Å². The number of hydrogen-bond acceptors (Lipinski definition) is 4. The molecule has 0 aromatic heterocycles. The van der Waals surface area contributed by atoms with Crippen LogP contribution in [0.1, 0.15) is 0 Å². The van der Waals surface area contributed by atoms with Gasteiger partial charge in [0.25, 0.3) is 0 Å². The van der Waals surface area contributed by atoms with Gasteiger partial charge in [-0.25, -0.2) is 4.79 Å². The van der Waals surface area contributed by atoms with Gasteiger partial charge >= 0.3 is 5.97 Å². The lowest BCUT2D eigenvalue weighted by atomic mass is 10.2. The second-order valence-corrected chi connectivity index (χ2v) is 2.34. The predicted octanol–water partition coefficient (Wildman–Crippen LogP) is -1.21. The zero-order chi connectivity index (χ0) is 9.14. The number of aliphatic carboxylic acids is 1. The number of carboxylic acid groups (broad SMARTS) is 1. The minimum Gasteiger partial charge on any atom is -0.479 e. The van der Waals surface area contributed by atoms with E-state index in [-0.39, 0.29) is 5.70 Å². The van der Waals surface area contributed by atoms with E-state index in [9.17, 15) is 4.79 Å². The molecule has 1 atom stereocenters. The molecular weight excluding hydrogens is 162 g/mol. The van der Waals surface area contributed by atoms with E-state index in [2.05, 4.69) is 5.32 Å². The number of dihydropyridines is 1. The molecule has 0 bridgehead atoms. The maximum atomic E-state index is 10.4.